The van der Waals surface area contributed by atoms with Crippen LogP contribution in [0, 0.1) is 6.92 Å². The summed E-state index contributed by atoms with van der Waals surface area (Å²) in [5, 5.41) is 9.89. The molecule has 0 saturated carbocycles. The number of amides is 1. The van der Waals surface area contributed by atoms with E-state index in [0.29, 0.717) is 29.9 Å². The van der Waals surface area contributed by atoms with E-state index in [0.717, 1.165) is 10.2 Å². The highest BCUT2D eigenvalue weighted by atomic mass is 35.5. The van der Waals surface area contributed by atoms with E-state index in [9.17, 15) is 18.0 Å². The topological polar surface area (TPSA) is 71.8 Å². The van der Waals surface area contributed by atoms with E-state index in [4.69, 9.17) is 0 Å². The number of nitrogens with zero attached hydrogens (tertiary/aromatic N) is 3. The van der Waals surface area contributed by atoms with Gasteiger partial charge in [0.05, 0.1) is 16.9 Å². The molecule has 0 saturated heterocycles. The van der Waals surface area contributed by atoms with Crippen molar-refractivity contribution < 1.29 is 18.0 Å². The highest BCUT2D eigenvalue weighted by Gasteiger charge is 2.40. The summed E-state index contributed by atoms with van der Waals surface area (Å²) >= 11 is 0. The maximum absolute atomic E-state index is 13.7. The number of aromatic nitrogens is 3. The summed E-state index contributed by atoms with van der Waals surface area (Å²) in [6.45, 7) is 2.54. The molecule has 31 heavy (non-hydrogen) atoms. The van der Waals surface area contributed by atoms with Crippen molar-refractivity contribution in [3.63, 3.8) is 0 Å². The Morgan fingerprint density at radius 1 is 1.16 bits per heavy atom. The molecular formula is C20H20Cl2F3N5O. The molecule has 0 aliphatic carbocycles. The Balaban J connectivity index is 0.00000171. The quantitative estimate of drug-likeness (QED) is 0.593. The molecule has 11 heteroatoms. The zero-order valence-electron chi connectivity index (χ0n) is 16.4. The Morgan fingerprint density at radius 2 is 1.87 bits per heavy atom. The average Bonchev–Trinajstić information content (AvgIpc) is 3.09. The first-order valence-corrected chi connectivity index (χ1v) is 9.05. The number of pyridine rings is 1. The summed E-state index contributed by atoms with van der Waals surface area (Å²) in [6, 6.07) is 7.85. The van der Waals surface area contributed by atoms with Crippen LogP contribution in [0.2, 0.25) is 0 Å². The van der Waals surface area contributed by atoms with Gasteiger partial charge in [0.15, 0.2) is 5.69 Å². The largest absolute Gasteiger partial charge is 0.433 e. The van der Waals surface area contributed by atoms with Crippen LogP contribution in [0.25, 0.3) is 5.69 Å². The van der Waals surface area contributed by atoms with E-state index < -0.39 is 11.9 Å². The normalized spacial score (nSPS) is 12.9. The molecule has 4 rings (SSSR count). The van der Waals surface area contributed by atoms with Crippen LogP contribution in [0.3, 0.4) is 0 Å². The number of aryl methyl sites for hydroxylation is 1. The summed E-state index contributed by atoms with van der Waals surface area (Å²) in [5.74, 6) is -0.333. The SMILES string of the molecule is Cc1ccncc1C(=O)Nc1ccc(-n2nc3c(c2C(F)(F)F)CNCC3)cc1.Cl.Cl. The summed E-state index contributed by atoms with van der Waals surface area (Å²) in [4.78, 5) is 16.3. The van der Waals surface area contributed by atoms with Crippen molar-refractivity contribution in [2.45, 2.75) is 26.1 Å². The van der Waals surface area contributed by atoms with Crippen molar-refractivity contribution in [3.05, 3.63) is 70.8 Å². The van der Waals surface area contributed by atoms with Crippen molar-refractivity contribution in [2.24, 2.45) is 0 Å². The Kier molecular flexibility index (Phi) is 7.69. The number of hydrogen-bond acceptors (Lipinski definition) is 4. The van der Waals surface area contributed by atoms with E-state index >= 15 is 0 Å². The fourth-order valence-corrected chi connectivity index (χ4v) is 3.37. The minimum absolute atomic E-state index is 0. The maximum atomic E-state index is 13.7. The number of alkyl halides is 3. The van der Waals surface area contributed by atoms with Crippen molar-refractivity contribution >= 4 is 36.4 Å². The van der Waals surface area contributed by atoms with Gasteiger partial charge in [0.1, 0.15) is 0 Å². The lowest BCUT2D eigenvalue weighted by Crippen LogP contribution is -2.25. The molecule has 6 nitrogen and oxygen atoms in total. The monoisotopic (exact) mass is 473 g/mol. The third-order valence-electron chi connectivity index (χ3n) is 4.83. The molecule has 2 N–H and O–H groups in total. The van der Waals surface area contributed by atoms with E-state index in [2.05, 4.69) is 20.7 Å². The maximum Gasteiger partial charge on any atom is 0.433 e. The highest BCUT2D eigenvalue weighted by molar-refractivity contribution is 6.05. The van der Waals surface area contributed by atoms with Crippen LogP contribution in [0.4, 0.5) is 18.9 Å². The standard InChI is InChI=1S/C20H18F3N5O.2ClH/c1-12-6-8-24-10-15(12)19(29)26-13-2-4-14(5-3-13)28-18(20(21,22)23)16-11-25-9-7-17(16)27-28;;/h2-6,8,10,25H,7,9,11H2,1H3,(H,26,29);2*1H. The number of hydrogen-bond donors (Lipinski definition) is 2. The van der Waals surface area contributed by atoms with Crippen LogP contribution in [0.15, 0.2) is 42.7 Å². The number of anilines is 1. The average molecular weight is 474 g/mol. The fraction of sp³-hybridized carbons (Fsp3) is 0.250. The van der Waals surface area contributed by atoms with Gasteiger partial charge in [0.2, 0.25) is 0 Å². The van der Waals surface area contributed by atoms with E-state index in [1.54, 1.807) is 31.3 Å². The second kappa shape index (κ2) is 9.67. The number of carbonyl (C=O) groups excluding carboxylic acids is 1. The molecule has 166 valence electrons. The molecule has 0 bridgehead atoms. The first kappa shape index (κ1) is 24.6. The number of rotatable bonds is 3. The first-order valence-electron chi connectivity index (χ1n) is 9.05. The Morgan fingerprint density at radius 3 is 2.52 bits per heavy atom. The van der Waals surface area contributed by atoms with Gasteiger partial charge in [-0.3, -0.25) is 9.78 Å². The van der Waals surface area contributed by atoms with Crippen LogP contribution >= 0.6 is 24.8 Å². The van der Waals surface area contributed by atoms with Gasteiger partial charge in [0.25, 0.3) is 5.91 Å². The lowest BCUT2D eigenvalue weighted by atomic mass is 10.1. The van der Waals surface area contributed by atoms with E-state index in [-0.39, 0.29) is 48.5 Å². The number of fused-ring (bicyclic) bond motifs is 1. The van der Waals surface area contributed by atoms with Gasteiger partial charge in [-0.05, 0) is 42.8 Å². The molecular weight excluding hydrogens is 454 g/mol. The van der Waals surface area contributed by atoms with E-state index in [1.165, 1.54) is 18.3 Å². The minimum atomic E-state index is -4.52. The van der Waals surface area contributed by atoms with Gasteiger partial charge < -0.3 is 10.6 Å². The van der Waals surface area contributed by atoms with Crippen LogP contribution in [0.5, 0.6) is 0 Å². The van der Waals surface area contributed by atoms with Crippen molar-refractivity contribution in [1.29, 1.82) is 0 Å². The molecule has 3 heterocycles. The molecule has 3 aromatic rings. The predicted molar refractivity (Wildman–Crippen MR) is 115 cm³/mol. The number of benzene rings is 1. The van der Waals surface area contributed by atoms with Gasteiger partial charge in [-0.25, -0.2) is 4.68 Å². The van der Waals surface area contributed by atoms with Crippen molar-refractivity contribution in [1.82, 2.24) is 20.1 Å². The second-order valence-corrected chi connectivity index (χ2v) is 6.80. The molecule has 1 amide bonds. The fourth-order valence-electron chi connectivity index (χ4n) is 3.37. The first-order chi connectivity index (χ1) is 13.8. The molecule has 1 aliphatic heterocycles. The van der Waals surface area contributed by atoms with Crippen molar-refractivity contribution in [3.8, 4) is 5.69 Å². The predicted octanol–water partition coefficient (Wildman–Crippen LogP) is 4.34. The lowest BCUT2D eigenvalue weighted by Gasteiger charge is -2.15. The summed E-state index contributed by atoms with van der Waals surface area (Å²) in [5.41, 5.74) is 1.84. The van der Waals surface area contributed by atoms with Crippen LogP contribution < -0.4 is 10.6 Å². The van der Waals surface area contributed by atoms with Gasteiger partial charge in [-0.2, -0.15) is 18.3 Å². The zero-order valence-corrected chi connectivity index (χ0v) is 18.0. The van der Waals surface area contributed by atoms with Gasteiger partial charge >= 0.3 is 6.18 Å². The van der Waals surface area contributed by atoms with Gasteiger partial charge in [-0.15, -0.1) is 24.8 Å². The molecule has 0 radical (unpaired) electrons. The van der Waals surface area contributed by atoms with Gasteiger partial charge in [-0.1, -0.05) is 0 Å². The second-order valence-electron chi connectivity index (χ2n) is 6.80. The smallest absolute Gasteiger partial charge is 0.322 e. The zero-order chi connectivity index (χ0) is 20.6. The lowest BCUT2D eigenvalue weighted by molar-refractivity contribution is -0.143. The number of carbonyl (C=O) groups is 1. The molecule has 0 spiro atoms. The van der Waals surface area contributed by atoms with E-state index in [1.807, 2.05) is 0 Å². The Labute approximate surface area is 189 Å². The molecule has 1 aliphatic rings. The Bertz CT molecular complexity index is 1070. The summed E-state index contributed by atoms with van der Waals surface area (Å²) < 4.78 is 42.0. The highest BCUT2D eigenvalue weighted by Crippen LogP contribution is 2.36. The Hall–Kier alpha value is -2.62. The molecule has 0 atom stereocenters. The van der Waals surface area contributed by atoms with Gasteiger partial charge in [0, 0.05) is 43.2 Å². The third-order valence-corrected chi connectivity index (χ3v) is 4.83. The minimum Gasteiger partial charge on any atom is -0.322 e. The molecule has 0 unspecified atom stereocenters. The number of nitrogens with one attached hydrogen (secondary N) is 2. The molecule has 0 fully saturated rings. The van der Waals surface area contributed by atoms with Crippen LogP contribution in [-0.2, 0) is 19.1 Å². The van der Waals surface area contributed by atoms with Crippen LogP contribution in [0.1, 0.15) is 32.9 Å². The van der Waals surface area contributed by atoms with Crippen molar-refractivity contribution in [2.75, 3.05) is 11.9 Å². The van der Waals surface area contributed by atoms with Crippen LogP contribution in [-0.4, -0.2) is 27.2 Å². The summed E-state index contributed by atoms with van der Waals surface area (Å²) in [6.07, 6.45) is -1.01. The molecule has 2 aromatic heterocycles. The third kappa shape index (κ3) is 5.00. The summed E-state index contributed by atoms with van der Waals surface area (Å²) in [7, 11) is 0. The number of halogens is 5. The molecule has 1 aromatic carbocycles.